The number of hydrogen-bond donors (Lipinski definition) is 0. The molecule has 1 amide bonds. The van der Waals surface area contributed by atoms with E-state index in [-0.39, 0.29) is 5.91 Å². The second-order valence-corrected chi connectivity index (χ2v) is 6.19. The molecule has 0 radical (unpaired) electrons. The van der Waals surface area contributed by atoms with Crippen LogP contribution in [0, 0.1) is 0 Å². The Kier molecular flexibility index (Phi) is 4.87. The Morgan fingerprint density at radius 1 is 1.00 bits per heavy atom. The third-order valence-electron chi connectivity index (χ3n) is 4.37. The number of benzene rings is 2. The summed E-state index contributed by atoms with van der Waals surface area (Å²) in [4.78, 5) is 16.8. The number of carbonyl (C=O) groups excluding carboxylic acids is 1. The van der Waals surface area contributed by atoms with Crippen LogP contribution in [0.25, 0.3) is 0 Å². The molecule has 1 aliphatic rings. The van der Waals surface area contributed by atoms with Crippen molar-refractivity contribution in [1.82, 2.24) is 4.90 Å². The maximum absolute atomic E-state index is 12.6. The van der Waals surface area contributed by atoms with Crippen LogP contribution in [-0.2, 0) is 6.42 Å². The summed E-state index contributed by atoms with van der Waals surface area (Å²) < 4.78 is 0. The minimum atomic E-state index is 0.117. The van der Waals surface area contributed by atoms with Gasteiger partial charge in [-0.3, -0.25) is 4.79 Å². The topological polar surface area (TPSA) is 23.6 Å². The smallest absolute Gasteiger partial charge is 0.253 e. The molecule has 2 aromatic rings. The Bertz CT molecular complexity index is 676. The summed E-state index contributed by atoms with van der Waals surface area (Å²) in [5.41, 5.74) is 3.08. The Labute approximate surface area is 142 Å². The molecule has 0 saturated carbocycles. The number of amides is 1. The standard InChI is InChI=1S/C19H21ClN2O/c1-2-15-7-9-16(10-8-15)19(23)22-13-11-21(12-14-22)18-6-4-3-5-17(18)20/h3-10H,2,11-14H2,1H3. The number of nitrogens with zero attached hydrogens (tertiary/aromatic N) is 2. The van der Waals surface area contributed by atoms with E-state index in [0.717, 1.165) is 48.9 Å². The van der Waals surface area contributed by atoms with E-state index in [0.29, 0.717) is 0 Å². The van der Waals surface area contributed by atoms with Crippen LogP contribution in [0.4, 0.5) is 5.69 Å². The molecule has 120 valence electrons. The summed E-state index contributed by atoms with van der Waals surface area (Å²) in [5, 5.41) is 0.766. The molecule has 0 atom stereocenters. The molecule has 3 nitrogen and oxygen atoms in total. The highest BCUT2D eigenvalue weighted by Gasteiger charge is 2.23. The number of hydrogen-bond acceptors (Lipinski definition) is 2. The molecule has 0 N–H and O–H groups in total. The summed E-state index contributed by atoms with van der Waals surface area (Å²) in [7, 11) is 0. The third kappa shape index (κ3) is 3.50. The molecule has 1 fully saturated rings. The number of para-hydroxylation sites is 1. The summed E-state index contributed by atoms with van der Waals surface area (Å²) in [6.07, 6.45) is 0.991. The zero-order chi connectivity index (χ0) is 16.2. The molecule has 0 bridgehead atoms. The van der Waals surface area contributed by atoms with Gasteiger partial charge in [0.1, 0.15) is 0 Å². The molecule has 1 aliphatic heterocycles. The molecule has 0 aliphatic carbocycles. The Morgan fingerprint density at radius 2 is 1.65 bits per heavy atom. The predicted octanol–water partition coefficient (Wildman–Crippen LogP) is 3.86. The van der Waals surface area contributed by atoms with Crippen molar-refractivity contribution in [1.29, 1.82) is 0 Å². The van der Waals surface area contributed by atoms with E-state index < -0.39 is 0 Å². The largest absolute Gasteiger partial charge is 0.367 e. The van der Waals surface area contributed by atoms with E-state index in [9.17, 15) is 4.79 Å². The van der Waals surface area contributed by atoms with Gasteiger partial charge in [0.2, 0.25) is 0 Å². The number of rotatable bonds is 3. The van der Waals surface area contributed by atoms with Crippen molar-refractivity contribution < 1.29 is 4.79 Å². The van der Waals surface area contributed by atoms with E-state index in [1.165, 1.54) is 5.56 Å². The molecule has 2 aromatic carbocycles. The third-order valence-corrected chi connectivity index (χ3v) is 4.69. The number of anilines is 1. The molecular formula is C19H21ClN2O. The van der Waals surface area contributed by atoms with Crippen LogP contribution in [0.3, 0.4) is 0 Å². The van der Waals surface area contributed by atoms with Gasteiger partial charge < -0.3 is 9.80 Å². The van der Waals surface area contributed by atoms with Crippen molar-refractivity contribution in [2.45, 2.75) is 13.3 Å². The van der Waals surface area contributed by atoms with Gasteiger partial charge >= 0.3 is 0 Å². The van der Waals surface area contributed by atoms with Gasteiger partial charge in [0.15, 0.2) is 0 Å². The van der Waals surface area contributed by atoms with Crippen LogP contribution < -0.4 is 4.90 Å². The second kappa shape index (κ2) is 7.05. The lowest BCUT2D eigenvalue weighted by Crippen LogP contribution is -2.48. The minimum Gasteiger partial charge on any atom is -0.367 e. The van der Waals surface area contributed by atoms with Crippen molar-refractivity contribution in [3.63, 3.8) is 0 Å². The Hall–Kier alpha value is -2.00. The van der Waals surface area contributed by atoms with Crippen LogP contribution in [0.5, 0.6) is 0 Å². The van der Waals surface area contributed by atoms with E-state index >= 15 is 0 Å². The van der Waals surface area contributed by atoms with Crippen LogP contribution in [0.15, 0.2) is 48.5 Å². The van der Waals surface area contributed by atoms with Crippen LogP contribution in [0.1, 0.15) is 22.8 Å². The van der Waals surface area contributed by atoms with Crippen molar-refractivity contribution in [3.05, 3.63) is 64.7 Å². The molecule has 3 rings (SSSR count). The monoisotopic (exact) mass is 328 g/mol. The number of aryl methyl sites for hydroxylation is 1. The first-order valence-corrected chi connectivity index (χ1v) is 8.44. The minimum absolute atomic E-state index is 0.117. The quantitative estimate of drug-likeness (QED) is 0.854. The van der Waals surface area contributed by atoms with Crippen molar-refractivity contribution >= 4 is 23.2 Å². The number of piperazine rings is 1. The molecule has 0 aromatic heterocycles. The van der Waals surface area contributed by atoms with Crippen molar-refractivity contribution in [3.8, 4) is 0 Å². The normalized spacial score (nSPS) is 14.9. The van der Waals surface area contributed by atoms with E-state index in [1.807, 2.05) is 53.4 Å². The van der Waals surface area contributed by atoms with Gasteiger partial charge in [0, 0.05) is 31.7 Å². The van der Waals surface area contributed by atoms with Gasteiger partial charge in [0.25, 0.3) is 5.91 Å². The first kappa shape index (κ1) is 15.9. The molecule has 23 heavy (non-hydrogen) atoms. The Balaban J connectivity index is 1.64. The lowest BCUT2D eigenvalue weighted by atomic mass is 10.1. The highest BCUT2D eigenvalue weighted by Crippen LogP contribution is 2.26. The zero-order valence-electron chi connectivity index (χ0n) is 13.3. The van der Waals surface area contributed by atoms with Crippen LogP contribution in [0.2, 0.25) is 5.02 Å². The van der Waals surface area contributed by atoms with E-state index in [4.69, 9.17) is 11.6 Å². The summed E-state index contributed by atoms with van der Waals surface area (Å²) in [6, 6.07) is 15.8. The van der Waals surface area contributed by atoms with E-state index in [2.05, 4.69) is 11.8 Å². The first-order valence-electron chi connectivity index (χ1n) is 8.06. The average Bonchev–Trinajstić information content (AvgIpc) is 2.62. The second-order valence-electron chi connectivity index (χ2n) is 5.78. The van der Waals surface area contributed by atoms with Crippen LogP contribution in [-0.4, -0.2) is 37.0 Å². The highest BCUT2D eigenvalue weighted by atomic mass is 35.5. The molecule has 0 unspecified atom stereocenters. The molecule has 1 heterocycles. The molecule has 1 saturated heterocycles. The zero-order valence-corrected chi connectivity index (χ0v) is 14.1. The maximum atomic E-state index is 12.6. The highest BCUT2D eigenvalue weighted by molar-refractivity contribution is 6.33. The van der Waals surface area contributed by atoms with Gasteiger partial charge in [-0.15, -0.1) is 0 Å². The molecule has 4 heteroatoms. The fourth-order valence-electron chi connectivity index (χ4n) is 2.92. The molecule has 0 spiro atoms. The lowest BCUT2D eigenvalue weighted by molar-refractivity contribution is 0.0747. The van der Waals surface area contributed by atoms with E-state index in [1.54, 1.807) is 0 Å². The number of carbonyl (C=O) groups is 1. The summed E-state index contributed by atoms with van der Waals surface area (Å²) in [5.74, 6) is 0.117. The average molecular weight is 329 g/mol. The molecular weight excluding hydrogens is 308 g/mol. The van der Waals surface area contributed by atoms with Crippen molar-refractivity contribution in [2.24, 2.45) is 0 Å². The predicted molar refractivity (Wildman–Crippen MR) is 95.4 cm³/mol. The Morgan fingerprint density at radius 3 is 2.26 bits per heavy atom. The van der Waals surface area contributed by atoms with Gasteiger partial charge in [-0.05, 0) is 36.2 Å². The lowest BCUT2D eigenvalue weighted by Gasteiger charge is -2.36. The fraction of sp³-hybridized carbons (Fsp3) is 0.316. The van der Waals surface area contributed by atoms with Crippen LogP contribution >= 0.6 is 11.6 Å². The van der Waals surface area contributed by atoms with Gasteiger partial charge in [-0.25, -0.2) is 0 Å². The van der Waals surface area contributed by atoms with Gasteiger partial charge in [0.05, 0.1) is 10.7 Å². The van der Waals surface area contributed by atoms with Gasteiger partial charge in [-0.2, -0.15) is 0 Å². The van der Waals surface area contributed by atoms with Crippen molar-refractivity contribution in [2.75, 3.05) is 31.1 Å². The van der Waals surface area contributed by atoms with Gasteiger partial charge in [-0.1, -0.05) is 42.8 Å². The summed E-state index contributed by atoms with van der Waals surface area (Å²) >= 11 is 6.26. The maximum Gasteiger partial charge on any atom is 0.253 e. The first-order chi connectivity index (χ1) is 11.2. The summed E-state index contributed by atoms with van der Waals surface area (Å²) in [6.45, 7) is 5.18. The number of halogens is 1. The fourth-order valence-corrected chi connectivity index (χ4v) is 3.18. The SMILES string of the molecule is CCc1ccc(C(=O)N2CCN(c3ccccc3Cl)CC2)cc1.